The number of benzene rings is 1. The maximum absolute atomic E-state index is 13.3. The predicted molar refractivity (Wildman–Crippen MR) is 89.4 cm³/mol. The Labute approximate surface area is 134 Å². The molecule has 1 aromatic carbocycles. The van der Waals surface area contributed by atoms with Crippen molar-refractivity contribution >= 4 is 5.91 Å². The standard InChI is InChI=1S/C19H28N2O/c1-19(17-9-12-20-13-10-17)11-5-6-14-21(18(19)22)15-16-7-3-2-4-8-16/h2-4,7-8,17,20H,5-6,9-15H2,1H3. The van der Waals surface area contributed by atoms with Gasteiger partial charge in [0, 0.05) is 18.5 Å². The summed E-state index contributed by atoms with van der Waals surface area (Å²) in [5, 5.41) is 3.43. The fourth-order valence-electron chi connectivity index (χ4n) is 4.16. The largest absolute Gasteiger partial charge is 0.338 e. The zero-order valence-electron chi connectivity index (χ0n) is 13.7. The molecule has 1 N–H and O–H groups in total. The van der Waals surface area contributed by atoms with Crippen molar-refractivity contribution in [3.8, 4) is 0 Å². The third-order valence-electron chi connectivity index (χ3n) is 5.61. The first-order valence-corrected chi connectivity index (χ1v) is 8.74. The van der Waals surface area contributed by atoms with E-state index in [0.717, 1.165) is 51.9 Å². The SMILES string of the molecule is CC1(C2CCNCC2)CCCCN(Cc2ccccc2)C1=O. The average molecular weight is 300 g/mol. The van der Waals surface area contributed by atoms with E-state index in [1.807, 2.05) is 6.07 Å². The highest BCUT2D eigenvalue weighted by Gasteiger charge is 2.44. The number of carbonyl (C=O) groups is 1. The van der Waals surface area contributed by atoms with E-state index >= 15 is 0 Å². The molecule has 2 aliphatic rings. The van der Waals surface area contributed by atoms with Crippen molar-refractivity contribution in [2.75, 3.05) is 19.6 Å². The summed E-state index contributed by atoms with van der Waals surface area (Å²) in [5.74, 6) is 0.929. The summed E-state index contributed by atoms with van der Waals surface area (Å²) < 4.78 is 0. The Kier molecular flexibility index (Phi) is 4.82. The van der Waals surface area contributed by atoms with Crippen LogP contribution in [0.15, 0.2) is 30.3 Å². The molecule has 3 heteroatoms. The van der Waals surface area contributed by atoms with E-state index in [1.54, 1.807) is 0 Å². The summed E-state index contributed by atoms with van der Waals surface area (Å²) in [4.78, 5) is 15.4. The lowest BCUT2D eigenvalue weighted by Crippen LogP contribution is -2.47. The first kappa shape index (κ1) is 15.5. The summed E-state index contributed by atoms with van der Waals surface area (Å²) >= 11 is 0. The zero-order chi connectivity index (χ0) is 15.4. The molecule has 2 fully saturated rings. The van der Waals surface area contributed by atoms with Gasteiger partial charge in [-0.25, -0.2) is 0 Å². The topological polar surface area (TPSA) is 32.3 Å². The molecule has 0 spiro atoms. The number of nitrogens with zero attached hydrogens (tertiary/aromatic N) is 1. The van der Waals surface area contributed by atoms with Gasteiger partial charge in [0.2, 0.25) is 5.91 Å². The van der Waals surface area contributed by atoms with E-state index in [1.165, 1.54) is 12.0 Å². The highest BCUT2D eigenvalue weighted by Crippen LogP contribution is 2.42. The van der Waals surface area contributed by atoms with Gasteiger partial charge < -0.3 is 10.2 Å². The van der Waals surface area contributed by atoms with Gasteiger partial charge in [0.05, 0.1) is 0 Å². The molecule has 22 heavy (non-hydrogen) atoms. The normalized spacial score (nSPS) is 27.7. The molecule has 1 atom stereocenters. The summed E-state index contributed by atoms with van der Waals surface area (Å²) in [6.07, 6.45) is 5.65. The molecule has 1 unspecified atom stereocenters. The van der Waals surface area contributed by atoms with E-state index in [0.29, 0.717) is 11.8 Å². The lowest BCUT2D eigenvalue weighted by molar-refractivity contribution is -0.145. The Morgan fingerprint density at radius 1 is 1.18 bits per heavy atom. The fourth-order valence-corrected chi connectivity index (χ4v) is 4.16. The molecule has 2 heterocycles. The first-order valence-electron chi connectivity index (χ1n) is 8.74. The van der Waals surface area contributed by atoms with Gasteiger partial charge in [-0.15, -0.1) is 0 Å². The predicted octanol–water partition coefficient (Wildman–Crippen LogP) is 3.21. The highest BCUT2D eigenvalue weighted by molar-refractivity contribution is 5.83. The van der Waals surface area contributed by atoms with Gasteiger partial charge >= 0.3 is 0 Å². The van der Waals surface area contributed by atoms with Gasteiger partial charge in [-0.05, 0) is 50.3 Å². The van der Waals surface area contributed by atoms with Crippen molar-refractivity contribution in [1.82, 2.24) is 10.2 Å². The molecule has 3 rings (SSSR count). The van der Waals surface area contributed by atoms with Crippen molar-refractivity contribution in [3.05, 3.63) is 35.9 Å². The molecule has 0 aliphatic carbocycles. The molecule has 0 radical (unpaired) electrons. The van der Waals surface area contributed by atoms with Gasteiger partial charge in [0.25, 0.3) is 0 Å². The summed E-state index contributed by atoms with van der Waals surface area (Å²) in [5.41, 5.74) is 1.08. The van der Waals surface area contributed by atoms with Crippen LogP contribution in [0.3, 0.4) is 0 Å². The Balaban J connectivity index is 1.78. The number of hydrogen-bond acceptors (Lipinski definition) is 2. The van der Waals surface area contributed by atoms with Gasteiger partial charge in [0.15, 0.2) is 0 Å². The van der Waals surface area contributed by atoms with Crippen LogP contribution in [0.2, 0.25) is 0 Å². The van der Waals surface area contributed by atoms with Crippen LogP contribution in [0.1, 0.15) is 44.6 Å². The van der Waals surface area contributed by atoms with Gasteiger partial charge in [-0.3, -0.25) is 4.79 Å². The van der Waals surface area contributed by atoms with Crippen LogP contribution < -0.4 is 5.32 Å². The van der Waals surface area contributed by atoms with Crippen LogP contribution in [0.25, 0.3) is 0 Å². The van der Waals surface area contributed by atoms with Crippen LogP contribution in [0.4, 0.5) is 0 Å². The number of carbonyl (C=O) groups excluding carboxylic acids is 1. The molecule has 2 saturated heterocycles. The summed E-state index contributed by atoms with van der Waals surface area (Å²) in [6.45, 7) is 6.03. The second kappa shape index (κ2) is 6.82. The number of amides is 1. The maximum Gasteiger partial charge on any atom is 0.229 e. The lowest BCUT2D eigenvalue weighted by atomic mass is 9.69. The van der Waals surface area contributed by atoms with E-state index in [9.17, 15) is 4.79 Å². The molecule has 120 valence electrons. The summed E-state index contributed by atoms with van der Waals surface area (Å²) in [6, 6.07) is 10.4. The van der Waals surface area contributed by atoms with Crippen molar-refractivity contribution in [2.24, 2.45) is 11.3 Å². The second-order valence-electron chi connectivity index (χ2n) is 7.11. The van der Waals surface area contributed by atoms with Crippen LogP contribution in [-0.4, -0.2) is 30.4 Å². The van der Waals surface area contributed by atoms with Gasteiger partial charge in [-0.1, -0.05) is 43.7 Å². The van der Waals surface area contributed by atoms with E-state index < -0.39 is 0 Å². The van der Waals surface area contributed by atoms with Crippen LogP contribution in [0.5, 0.6) is 0 Å². The van der Waals surface area contributed by atoms with Crippen molar-refractivity contribution in [2.45, 2.75) is 45.6 Å². The zero-order valence-corrected chi connectivity index (χ0v) is 13.7. The third kappa shape index (κ3) is 3.19. The molecular weight excluding hydrogens is 272 g/mol. The third-order valence-corrected chi connectivity index (χ3v) is 5.61. The average Bonchev–Trinajstić information content (AvgIpc) is 2.71. The van der Waals surface area contributed by atoms with Crippen LogP contribution in [-0.2, 0) is 11.3 Å². The minimum Gasteiger partial charge on any atom is -0.338 e. The number of hydrogen-bond donors (Lipinski definition) is 1. The van der Waals surface area contributed by atoms with Crippen LogP contribution >= 0.6 is 0 Å². The minimum absolute atomic E-state index is 0.159. The molecule has 1 amide bonds. The number of likely N-dealkylation sites (tertiary alicyclic amines) is 1. The van der Waals surface area contributed by atoms with Gasteiger partial charge in [-0.2, -0.15) is 0 Å². The molecule has 2 aliphatic heterocycles. The minimum atomic E-state index is -0.159. The lowest BCUT2D eigenvalue weighted by Gasteiger charge is -2.40. The highest BCUT2D eigenvalue weighted by atomic mass is 16.2. The Bertz CT molecular complexity index is 495. The molecule has 0 bridgehead atoms. The van der Waals surface area contributed by atoms with Crippen molar-refractivity contribution < 1.29 is 4.79 Å². The molecule has 3 nitrogen and oxygen atoms in total. The Morgan fingerprint density at radius 3 is 2.64 bits per heavy atom. The van der Waals surface area contributed by atoms with E-state index in [2.05, 4.69) is 41.4 Å². The Morgan fingerprint density at radius 2 is 1.91 bits per heavy atom. The number of rotatable bonds is 3. The number of piperidine rings is 1. The van der Waals surface area contributed by atoms with Crippen LogP contribution in [0, 0.1) is 11.3 Å². The Hall–Kier alpha value is -1.35. The maximum atomic E-state index is 13.3. The number of nitrogens with one attached hydrogen (secondary N) is 1. The molecular formula is C19H28N2O. The van der Waals surface area contributed by atoms with E-state index in [4.69, 9.17) is 0 Å². The molecule has 0 saturated carbocycles. The van der Waals surface area contributed by atoms with Gasteiger partial charge in [0.1, 0.15) is 0 Å². The molecule has 0 aromatic heterocycles. The van der Waals surface area contributed by atoms with Crippen molar-refractivity contribution in [1.29, 1.82) is 0 Å². The molecule has 1 aromatic rings. The first-order chi connectivity index (χ1) is 10.7. The second-order valence-corrected chi connectivity index (χ2v) is 7.11. The summed E-state index contributed by atoms with van der Waals surface area (Å²) in [7, 11) is 0. The van der Waals surface area contributed by atoms with Crippen molar-refractivity contribution in [3.63, 3.8) is 0 Å². The monoisotopic (exact) mass is 300 g/mol. The fraction of sp³-hybridized carbons (Fsp3) is 0.632. The quantitative estimate of drug-likeness (QED) is 0.929. The van der Waals surface area contributed by atoms with E-state index in [-0.39, 0.29) is 5.41 Å². The smallest absolute Gasteiger partial charge is 0.229 e.